The number of nitrogens with one attached hydrogen (secondary N) is 2. The van der Waals surface area contributed by atoms with Crippen LogP contribution >= 0.6 is 28.1 Å². The van der Waals surface area contributed by atoms with E-state index in [1.54, 1.807) is 12.4 Å². The Kier molecular flexibility index (Phi) is 4.69. The van der Waals surface area contributed by atoms with Crippen molar-refractivity contribution in [3.05, 3.63) is 40.8 Å². The van der Waals surface area contributed by atoms with E-state index in [1.165, 1.54) is 0 Å². The highest BCUT2D eigenvalue weighted by Gasteiger charge is 2.11. The van der Waals surface area contributed by atoms with Gasteiger partial charge in [0.15, 0.2) is 22.4 Å². The summed E-state index contributed by atoms with van der Waals surface area (Å²) in [4.78, 5) is 8.22. The molecule has 0 spiro atoms. The highest BCUT2D eigenvalue weighted by Crippen LogP contribution is 2.30. The lowest BCUT2D eigenvalue weighted by Crippen LogP contribution is -2.28. The summed E-state index contributed by atoms with van der Waals surface area (Å²) in [6.07, 6.45) is 3.20. The summed E-state index contributed by atoms with van der Waals surface area (Å²) in [5, 5.41) is 6.56. The fourth-order valence-electron chi connectivity index (χ4n) is 1.92. The topological polar surface area (TPSA) is 68.3 Å². The zero-order chi connectivity index (χ0) is 15.4. The van der Waals surface area contributed by atoms with Crippen LogP contribution in [0.15, 0.2) is 35.2 Å². The summed E-state index contributed by atoms with van der Waals surface area (Å²) >= 11 is 8.46. The van der Waals surface area contributed by atoms with Crippen molar-refractivity contribution in [1.29, 1.82) is 0 Å². The molecular weight excluding hydrogens is 368 g/mol. The Bertz CT molecular complexity index is 681. The first-order valence-electron chi connectivity index (χ1n) is 6.61. The SMILES string of the molecule is S=C(NCc1ccc2c(c1)OCCO2)Nc1cnc(Br)cn1. The van der Waals surface area contributed by atoms with E-state index >= 15 is 0 Å². The van der Waals surface area contributed by atoms with E-state index < -0.39 is 0 Å². The van der Waals surface area contributed by atoms with Crippen LogP contribution in [-0.4, -0.2) is 28.3 Å². The molecule has 8 heteroatoms. The molecule has 1 aliphatic rings. The number of fused-ring (bicyclic) bond motifs is 1. The lowest BCUT2D eigenvalue weighted by atomic mass is 10.2. The fourth-order valence-corrected chi connectivity index (χ4v) is 2.30. The van der Waals surface area contributed by atoms with Gasteiger partial charge in [0.1, 0.15) is 17.8 Å². The Labute approximate surface area is 141 Å². The summed E-state index contributed by atoms with van der Waals surface area (Å²) in [5.41, 5.74) is 1.05. The minimum atomic E-state index is 0.478. The molecule has 22 heavy (non-hydrogen) atoms. The third-order valence-corrected chi connectivity index (χ3v) is 3.58. The van der Waals surface area contributed by atoms with E-state index in [-0.39, 0.29) is 0 Å². The van der Waals surface area contributed by atoms with Gasteiger partial charge in [0, 0.05) is 6.54 Å². The molecule has 0 radical (unpaired) electrons. The lowest BCUT2D eigenvalue weighted by Gasteiger charge is -2.19. The van der Waals surface area contributed by atoms with Crippen LogP contribution in [0.5, 0.6) is 11.5 Å². The fraction of sp³-hybridized carbons (Fsp3) is 0.214. The average molecular weight is 381 g/mol. The highest BCUT2D eigenvalue weighted by molar-refractivity contribution is 9.10. The van der Waals surface area contributed by atoms with Crippen molar-refractivity contribution in [1.82, 2.24) is 15.3 Å². The Morgan fingerprint density at radius 1 is 1.18 bits per heavy atom. The molecule has 2 aromatic rings. The summed E-state index contributed by atoms with van der Waals surface area (Å²) in [6, 6.07) is 5.83. The van der Waals surface area contributed by atoms with Crippen LogP contribution in [0.25, 0.3) is 0 Å². The maximum absolute atomic E-state index is 5.55. The molecule has 0 unspecified atom stereocenters. The molecule has 0 aliphatic carbocycles. The van der Waals surface area contributed by atoms with Gasteiger partial charge >= 0.3 is 0 Å². The van der Waals surface area contributed by atoms with Gasteiger partial charge in [-0.05, 0) is 45.8 Å². The van der Waals surface area contributed by atoms with Crippen molar-refractivity contribution in [2.75, 3.05) is 18.5 Å². The standard InChI is InChI=1S/C14H13BrN4O2S/c15-12-7-17-13(8-16-12)19-14(22)18-6-9-1-2-10-11(5-9)21-4-3-20-10/h1-2,5,7-8H,3-4,6H2,(H2,17,18,19,22). The number of ether oxygens (including phenoxy) is 2. The van der Waals surface area contributed by atoms with Crippen molar-refractivity contribution in [2.45, 2.75) is 6.54 Å². The van der Waals surface area contributed by atoms with Gasteiger partial charge in [-0.15, -0.1) is 0 Å². The zero-order valence-electron chi connectivity index (χ0n) is 11.5. The number of rotatable bonds is 3. The van der Waals surface area contributed by atoms with Gasteiger partial charge in [0.05, 0.1) is 12.4 Å². The smallest absolute Gasteiger partial charge is 0.172 e. The Morgan fingerprint density at radius 3 is 2.77 bits per heavy atom. The largest absolute Gasteiger partial charge is 0.486 e. The van der Waals surface area contributed by atoms with Crippen LogP contribution in [0.2, 0.25) is 0 Å². The number of hydrogen-bond acceptors (Lipinski definition) is 5. The van der Waals surface area contributed by atoms with Crippen LogP contribution < -0.4 is 20.1 Å². The van der Waals surface area contributed by atoms with E-state index in [0.29, 0.717) is 35.3 Å². The predicted molar refractivity (Wildman–Crippen MR) is 90.2 cm³/mol. The maximum atomic E-state index is 5.55. The molecule has 0 bridgehead atoms. The summed E-state index contributed by atoms with van der Waals surface area (Å²) < 4.78 is 11.7. The van der Waals surface area contributed by atoms with Crippen molar-refractivity contribution in [3.8, 4) is 11.5 Å². The van der Waals surface area contributed by atoms with Gasteiger partial charge in [-0.25, -0.2) is 9.97 Å². The van der Waals surface area contributed by atoms with Crippen LogP contribution in [-0.2, 0) is 6.54 Å². The summed E-state index contributed by atoms with van der Waals surface area (Å²) in [7, 11) is 0. The van der Waals surface area contributed by atoms with E-state index in [1.807, 2.05) is 18.2 Å². The maximum Gasteiger partial charge on any atom is 0.172 e. The molecule has 2 heterocycles. The predicted octanol–water partition coefficient (Wildman–Crippen LogP) is 2.50. The quantitative estimate of drug-likeness (QED) is 0.792. The first-order valence-corrected chi connectivity index (χ1v) is 7.82. The molecule has 0 atom stereocenters. The third-order valence-electron chi connectivity index (χ3n) is 2.92. The molecule has 0 fully saturated rings. The second-order valence-corrected chi connectivity index (χ2v) is 5.73. The molecular formula is C14H13BrN4O2S. The molecule has 6 nitrogen and oxygen atoms in total. The van der Waals surface area contributed by atoms with Gasteiger partial charge in [-0.2, -0.15) is 0 Å². The summed E-state index contributed by atoms with van der Waals surface area (Å²) in [5.74, 6) is 2.13. The number of benzene rings is 1. The molecule has 1 aromatic carbocycles. The second-order valence-electron chi connectivity index (χ2n) is 4.51. The third kappa shape index (κ3) is 3.83. The minimum absolute atomic E-state index is 0.478. The highest BCUT2D eigenvalue weighted by atomic mass is 79.9. The van der Waals surface area contributed by atoms with Gasteiger partial charge in [0.25, 0.3) is 0 Å². The normalized spacial score (nSPS) is 12.6. The summed E-state index contributed by atoms with van der Waals surface area (Å²) in [6.45, 7) is 1.74. The molecule has 3 rings (SSSR count). The first-order chi connectivity index (χ1) is 10.7. The number of nitrogens with zero attached hydrogens (tertiary/aromatic N) is 2. The van der Waals surface area contributed by atoms with Crippen molar-refractivity contribution >= 4 is 39.1 Å². The molecule has 0 saturated heterocycles. The molecule has 0 saturated carbocycles. The number of thiocarbonyl (C=S) groups is 1. The Balaban J connectivity index is 1.55. The minimum Gasteiger partial charge on any atom is -0.486 e. The van der Waals surface area contributed by atoms with Gasteiger partial charge in [-0.1, -0.05) is 6.07 Å². The van der Waals surface area contributed by atoms with Gasteiger partial charge in [-0.3, -0.25) is 0 Å². The average Bonchev–Trinajstić information content (AvgIpc) is 2.55. The van der Waals surface area contributed by atoms with E-state index in [9.17, 15) is 0 Å². The van der Waals surface area contributed by atoms with E-state index in [0.717, 1.165) is 17.1 Å². The van der Waals surface area contributed by atoms with Gasteiger partial charge < -0.3 is 20.1 Å². The van der Waals surface area contributed by atoms with Crippen molar-refractivity contribution in [3.63, 3.8) is 0 Å². The van der Waals surface area contributed by atoms with Crippen LogP contribution in [0.1, 0.15) is 5.56 Å². The van der Waals surface area contributed by atoms with Crippen molar-refractivity contribution in [2.24, 2.45) is 0 Å². The molecule has 0 amide bonds. The Hall–Kier alpha value is -1.93. The number of hydrogen-bond donors (Lipinski definition) is 2. The lowest BCUT2D eigenvalue weighted by molar-refractivity contribution is 0.171. The molecule has 1 aromatic heterocycles. The number of anilines is 1. The van der Waals surface area contributed by atoms with Crippen LogP contribution in [0, 0.1) is 0 Å². The number of aromatic nitrogens is 2. The second kappa shape index (κ2) is 6.89. The molecule has 2 N–H and O–H groups in total. The van der Waals surface area contributed by atoms with Crippen LogP contribution in [0.3, 0.4) is 0 Å². The molecule has 114 valence electrons. The zero-order valence-corrected chi connectivity index (χ0v) is 13.9. The molecule has 1 aliphatic heterocycles. The Morgan fingerprint density at radius 2 is 2.00 bits per heavy atom. The van der Waals surface area contributed by atoms with E-state index in [4.69, 9.17) is 21.7 Å². The van der Waals surface area contributed by atoms with Gasteiger partial charge in [0.2, 0.25) is 0 Å². The number of halogens is 1. The van der Waals surface area contributed by atoms with E-state index in [2.05, 4.69) is 36.5 Å². The van der Waals surface area contributed by atoms with Crippen LogP contribution in [0.4, 0.5) is 5.82 Å². The van der Waals surface area contributed by atoms with Crippen molar-refractivity contribution < 1.29 is 9.47 Å². The monoisotopic (exact) mass is 380 g/mol. The first kappa shape index (κ1) is 15.0.